The monoisotopic (exact) mass is 742 g/mol. The minimum absolute atomic E-state index is 0.0260. The molecule has 1 N–H and O–H groups in total. The maximum atomic E-state index is 13.9. The Balaban J connectivity index is 2.03. The highest BCUT2D eigenvalue weighted by Gasteiger charge is 2.59. The number of likely N-dealkylation sites (N-methyl/N-ethyl adjacent to an activating group) is 1. The van der Waals surface area contributed by atoms with E-state index in [4.69, 9.17) is 29.2 Å². The molecule has 3 aliphatic rings. The van der Waals surface area contributed by atoms with E-state index < -0.39 is 65.5 Å². The van der Waals surface area contributed by atoms with Crippen molar-refractivity contribution >= 4 is 20.5 Å². The van der Waals surface area contributed by atoms with E-state index in [1.54, 1.807) is 18.9 Å². The minimum Gasteiger partial charge on any atom is -0.458 e. The molecule has 0 aliphatic carbocycles. The number of ether oxygens (including phenoxy) is 5. The number of hydrogen-bond acceptors (Lipinski definition) is 12. The highest BCUT2D eigenvalue weighted by atomic mass is 31.1. The molecule has 292 valence electrons. The number of carbonyl (C=O) groups is 2. The van der Waals surface area contributed by atoms with Crippen LogP contribution in [0.4, 0.5) is 4.79 Å². The summed E-state index contributed by atoms with van der Waals surface area (Å²) in [6.07, 6.45) is -1.39. The zero-order valence-electron chi connectivity index (χ0n) is 32.6. The van der Waals surface area contributed by atoms with Gasteiger partial charge in [0.2, 0.25) is 0 Å². The lowest BCUT2D eigenvalue weighted by Gasteiger charge is -2.46. The van der Waals surface area contributed by atoms with Crippen LogP contribution >= 0.6 is 8.46 Å². The lowest BCUT2D eigenvalue weighted by molar-refractivity contribution is -0.257. The number of nitrogens with zero attached hydrogens (tertiary/aromatic N) is 6. The van der Waals surface area contributed by atoms with Gasteiger partial charge in [0, 0.05) is 50.2 Å². The van der Waals surface area contributed by atoms with E-state index in [0.29, 0.717) is 51.7 Å². The summed E-state index contributed by atoms with van der Waals surface area (Å²) in [5, 5.41) is 15.3. The van der Waals surface area contributed by atoms with Crippen LogP contribution in [0.5, 0.6) is 0 Å². The molecule has 3 saturated heterocycles. The average Bonchev–Trinajstić information content (AvgIpc) is 3.33. The van der Waals surface area contributed by atoms with Gasteiger partial charge in [-0.05, 0) is 99.3 Å². The first-order chi connectivity index (χ1) is 24.0. The highest BCUT2D eigenvalue weighted by Crippen LogP contribution is 2.41. The van der Waals surface area contributed by atoms with Crippen molar-refractivity contribution < 1.29 is 42.9 Å². The Kier molecular flexibility index (Phi) is 16.0. The van der Waals surface area contributed by atoms with Gasteiger partial charge in [0.1, 0.15) is 11.8 Å². The molecule has 0 spiro atoms. The van der Waals surface area contributed by atoms with Crippen molar-refractivity contribution in [2.24, 2.45) is 17.0 Å². The molecule has 16 heteroatoms. The fraction of sp³-hybridized carbons (Fsp3) is 0.943. The van der Waals surface area contributed by atoms with Crippen molar-refractivity contribution in [1.29, 1.82) is 0 Å². The van der Waals surface area contributed by atoms with Crippen molar-refractivity contribution in [2.45, 2.75) is 153 Å². The van der Waals surface area contributed by atoms with Crippen LogP contribution in [0, 0.1) is 11.8 Å². The molecule has 51 heavy (non-hydrogen) atoms. The summed E-state index contributed by atoms with van der Waals surface area (Å²) in [4.78, 5) is 36.2. The number of aliphatic hydroxyl groups is 1. The first-order valence-corrected chi connectivity index (χ1v) is 19.3. The molecule has 3 heterocycles. The molecule has 0 bridgehead atoms. The van der Waals surface area contributed by atoms with Gasteiger partial charge >= 0.3 is 12.1 Å². The van der Waals surface area contributed by atoms with Gasteiger partial charge in [-0.15, -0.1) is 0 Å². The van der Waals surface area contributed by atoms with Crippen molar-refractivity contribution in [2.75, 3.05) is 47.9 Å². The predicted molar refractivity (Wildman–Crippen MR) is 193 cm³/mol. The van der Waals surface area contributed by atoms with Gasteiger partial charge in [0.05, 0.1) is 35.9 Å². The number of carbonyl (C=O) groups excluding carboxylic acids is 2. The summed E-state index contributed by atoms with van der Waals surface area (Å²) < 4.78 is 44.1. The zero-order valence-corrected chi connectivity index (χ0v) is 33.5. The zero-order chi connectivity index (χ0) is 38.3. The molecule has 0 radical (unpaired) electrons. The van der Waals surface area contributed by atoms with Crippen LogP contribution in [0.2, 0.25) is 0 Å². The van der Waals surface area contributed by atoms with Crippen molar-refractivity contribution in [3.05, 3.63) is 10.4 Å². The number of cyclic esters (lactones) is 1. The van der Waals surface area contributed by atoms with Gasteiger partial charge in [-0.2, -0.15) is 0 Å². The largest absolute Gasteiger partial charge is 0.458 e. The summed E-state index contributed by atoms with van der Waals surface area (Å²) in [5.74, 6) is -1.53. The van der Waals surface area contributed by atoms with Crippen LogP contribution in [-0.2, 0) is 33.0 Å². The van der Waals surface area contributed by atoms with E-state index in [1.165, 1.54) is 0 Å². The number of hydrogen-bond donors (Lipinski definition) is 1. The van der Waals surface area contributed by atoms with E-state index in [9.17, 15) is 19.3 Å². The molecule has 15 nitrogen and oxygen atoms in total. The number of amides is 1. The van der Waals surface area contributed by atoms with Crippen molar-refractivity contribution in [1.82, 2.24) is 14.7 Å². The third-order valence-corrected chi connectivity index (χ3v) is 12.3. The highest BCUT2D eigenvalue weighted by molar-refractivity contribution is 7.24. The molecule has 0 aromatic heterocycles. The van der Waals surface area contributed by atoms with Crippen LogP contribution in [-0.4, -0.2) is 145 Å². The van der Waals surface area contributed by atoms with Gasteiger partial charge in [0.15, 0.2) is 20.4 Å². The van der Waals surface area contributed by atoms with Crippen LogP contribution in [0.25, 0.3) is 10.4 Å². The van der Waals surface area contributed by atoms with Crippen molar-refractivity contribution in [3.63, 3.8) is 0 Å². The Morgan fingerprint density at radius 1 is 1.16 bits per heavy atom. The van der Waals surface area contributed by atoms with Gasteiger partial charge in [-0.3, -0.25) is 14.3 Å². The van der Waals surface area contributed by atoms with Crippen LogP contribution in [0.1, 0.15) is 87.0 Å². The standard InChI is InChI=1S/C35H63N6O9P/c1-12-27-35(7)30(41(33(44)50-35)16-14-13-15-37-38-36)24(5)40(10)20-21(2)19-34(6,46-11)28(18-26(42)23(4)31(43)48-27)49-32-29(51-45)25(39(8)9)17-22(3)47-32/h21-30,32,42H,12-20H2,1-11H3/t21-,22?,23-,24-,25?,26?,27-,28-,29?,30-,32+,34-,35-/m1/s1. The Bertz CT molecular complexity index is 1230. The molecule has 3 aliphatic heterocycles. The van der Waals surface area contributed by atoms with Crippen LogP contribution in [0.15, 0.2) is 5.11 Å². The second-order valence-corrected chi connectivity index (χ2v) is 16.4. The van der Waals surface area contributed by atoms with Gasteiger partial charge in [-0.25, -0.2) is 4.79 Å². The minimum atomic E-state index is -1.19. The Hall–Kier alpha value is -2.09. The van der Waals surface area contributed by atoms with E-state index in [1.807, 2.05) is 53.7 Å². The second kappa shape index (κ2) is 18.8. The Labute approximate surface area is 305 Å². The van der Waals surface area contributed by atoms with E-state index >= 15 is 0 Å². The smallest absolute Gasteiger partial charge is 0.410 e. The third kappa shape index (κ3) is 10.1. The number of azide groups is 1. The third-order valence-electron chi connectivity index (χ3n) is 11.5. The molecular formula is C35H63N6O9P. The van der Waals surface area contributed by atoms with Crippen molar-refractivity contribution in [3.8, 4) is 0 Å². The SMILES string of the molecule is CC[C@H]1OC(=O)[C@H](C)C(O)C[C@@H](O[C@@H]2OC(C)CC(N(C)C)C2P=O)[C@](C)(OC)C[C@@H](C)CN(C)[C@H](C)[C@H]2N(CCCCN=[N+]=[N-])C(=O)O[C@]12C. The Morgan fingerprint density at radius 3 is 2.43 bits per heavy atom. The predicted octanol–water partition coefficient (Wildman–Crippen LogP) is 5.24. The Morgan fingerprint density at radius 2 is 1.84 bits per heavy atom. The van der Waals surface area contributed by atoms with E-state index in [0.717, 1.165) is 0 Å². The average molecular weight is 743 g/mol. The molecule has 1 amide bonds. The fourth-order valence-electron chi connectivity index (χ4n) is 8.29. The summed E-state index contributed by atoms with van der Waals surface area (Å²) in [6, 6.07) is -0.763. The maximum Gasteiger partial charge on any atom is 0.410 e. The summed E-state index contributed by atoms with van der Waals surface area (Å²) in [6.45, 7) is 14.7. The number of esters is 1. The van der Waals surface area contributed by atoms with Gasteiger partial charge in [-0.1, -0.05) is 19.0 Å². The molecule has 3 fully saturated rings. The lowest BCUT2D eigenvalue weighted by atomic mass is 9.82. The molecule has 0 aromatic carbocycles. The number of aliphatic hydroxyl groups excluding tert-OH is 1. The molecule has 13 atom stereocenters. The molecular weight excluding hydrogens is 679 g/mol. The van der Waals surface area contributed by atoms with E-state index in [-0.39, 0.29) is 39.0 Å². The van der Waals surface area contributed by atoms with E-state index in [2.05, 4.69) is 28.8 Å². The number of methoxy groups -OCH3 is 1. The van der Waals surface area contributed by atoms with Crippen LogP contribution < -0.4 is 0 Å². The number of fused-ring (bicyclic) bond motifs is 1. The topological polar surface area (TPSA) is 176 Å². The summed E-state index contributed by atoms with van der Waals surface area (Å²) in [5.41, 5.74) is 6.07. The van der Waals surface area contributed by atoms with Gasteiger partial charge < -0.3 is 38.6 Å². The van der Waals surface area contributed by atoms with Crippen LogP contribution in [0.3, 0.4) is 0 Å². The quantitative estimate of drug-likeness (QED) is 0.0732. The second-order valence-electron chi connectivity index (χ2n) is 15.6. The normalized spacial score (nSPS) is 40.6. The fourth-order valence-corrected chi connectivity index (χ4v) is 9.05. The number of rotatable bonds is 11. The first kappa shape index (κ1) is 43.3. The number of unbranched alkanes of at least 4 members (excludes halogenated alkanes) is 1. The summed E-state index contributed by atoms with van der Waals surface area (Å²) in [7, 11) is 7.41. The lowest BCUT2D eigenvalue weighted by Crippen LogP contribution is -2.61. The first-order valence-electron chi connectivity index (χ1n) is 18.4. The molecule has 0 saturated carbocycles. The van der Waals surface area contributed by atoms with Gasteiger partial charge in [0.25, 0.3) is 0 Å². The molecule has 3 rings (SSSR count). The molecule has 4 unspecified atom stereocenters. The summed E-state index contributed by atoms with van der Waals surface area (Å²) >= 11 is 0. The maximum absolute atomic E-state index is 13.9. The molecule has 0 aromatic rings.